The fourth-order valence-electron chi connectivity index (χ4n) is 2.99. The van der Waals surface area contributed by atoms with Crippen molar-refractivity contribution in [3.63, 3.8) is 0 Å². The van der Waals surface area contributed by atoms with Crippen molar-refractivity contribution in [2.45, 2.75) is 0 Å². The highest BCUT2D eigenvalue weighted by Crippen LogP contribution is 2.30. The summed E-state index contributed by atoms with van der Waals surface area (Å²) in [5.41, 5.74) is 0.962. The first-order valence-corrected chi connectivity index (χ1v) is 10.3. The Kier molecular flexibility index (Phi) is 6.04. The van der Waals surface area contributed by atoms with E-state index in [9.17, 15) is 9.59 Å². The molecule has 1 N–H and O–H groups in total. The molecule has 0 atom stereocenters. The molecule has 154 valence electrons. The molecule has 4 rings (SSSR count). The van der Waals surface area contributed by atoms with Crippen molar-refractivity contribution in [1.82, 2.24) is 5.32 Å². The minimum absolute atomic E-state index is 0.00191. The van der Waals surface area contributed by atoms with Gasteiger partial charge in [0, 0.05) is 15.6 Å². The van der Waals surface area contributed by atoms with Crippen LogP contribution in [0.25, 0.3) is 6.08 Å². The minimum atomic E-state index is -0.585. The van der Waals surface area contributed by atoms with Crippen LogP contribution >= 0.6 is 35.4 Å². The number of carbonyl (C=O) groups excluding carboxylic acids is 2. The molecule has 0 saturated carbocycles. The van der Waals surface area contributed by atoms with Crippen molar-refractivity contribution in [2.75, 3.05) is 4.90 Å². The molecule has 3 aromatic rings. The van der Waals surface area contributed by atoms with E-state index in [1.165, 1.54) is 11.0 Å². The van der Waals surface area contributed by atoms with Crippen LogP contribution in [0.3, 0.4) is 0 Å². The third kappa shape index (κ3) is 4.61. The van der Waals surface area contributed by atoms with E-state index in [2.05, 4.69) is 5.32 Å². The lowest BCUT2D eigenvalue weighted by molar-refractivity contribution is -0.122. The maximum absolute atomic E-state index is 13.2. The molecule has 8 heteroatoms. The van der Waals surface area contributed by atoms with Gasteiger partial charge in [-0.1, -0.05) is 47.5 Å². The smallest absolute Gasteiger partial charge is 0.270 e. The number of benzene rings is 3. The van der Waals surface area contributed by atoms with E-state index in [0.717, 1.165) is 0 Å². The van der Waals surface area contributed by atoms with E-state index >= 15 is 0 Å². The summed E-state index contributed by atoms with van der Waals surface area (Å²) in [5.74, 6) is -0.141. The van der Waals surface area contributed by atoms with Crippen molar-refractivity contribution in [3.8, 4) is 11.5 Å². The molecule has 0 aromatic heterocycles. The molecule has 1 aliphatic rings. The average molecular weight is 469 g/mol. The van der Waals surface area contributed by atoms with Gasteiger partial charge in [0.1, 0.15) is 17.1 Å². The van der Waals surface area contributed by atoms with Gasteiger partial charge in [-0.05, 0) is 66.8 Å². The van der Waals surface area contributed by atoms with Crippen LogP contribution in [0.2, 0.25) is 10.0 Å². The largest absolute Gasteiger partial charge is 0.457 e. The van der Waals surface area contributed by atoms with E-state index in [1.807, 2.05) is 0 Å². The molecule has 0 bridgehead atoms. The fourth-order valence-corrected chi connectivity index (χ4v) is 3.58. The molecule has 0 radical (unpaired) electrons. The van der Waals surface area contributed by atoms with Crippen LogP contribution in [0.5, 0.6) is 11.5 Å². The third-order valence-corrected chi connectivity index (χ3v) is 5.20. The van der Waals surface area contributed by atoms with Gasteiger partial charge in [0.05, 0.1) is 5.69 Å². The lowest BCUT2D eigenvalue weighted by Crippen LogP contribution is -2.54. The number of ether oxygens (including phenoxy) is 1. The van der Waals surface area contributed by atoms with Gasteiger partial charge in [-0.3, -0.25) is 19.8 Å². The van der Waals surface area contributed by atoms with Crippen LogP contribution in [-0.4, -0.2) is 16.9 Å². The zero-order valence-electron chi connectivity index (χ0n) is 15.8. The topological polar surface area (TPSA) is 58.6 Å². The monoisotopic (exact) mass is 468 g/mol. The van der Waals surface area contributed by atoms with Crippen molar-refractivity contribution in [1.29, 1.82) is 0 Å². The Morgan fingerprint density at radius 1 is 0.903 bits per heavy atom. The normalized spacial score (nSPS) is 15.2. The molecule has 31 heavy (non-hydrogen) atoms. The number of para-hydroxylation sites is 1. The van der Waals surface area contributed by atoms with Crippen molar-refractivity contribution in [2.24, 2.45) is 0 Å². The molecule has 1 heterocycles. The number of nitrogens with zero attached hydrogens (tertiary/aromatic N) is 1. The summed E-state index contributed by atoms with van der Waals surface area (Å²) in [6.45, 7) is 0. The molecule has 2 amide bonds. The molecule has 0 aliphatic carbocycles. The quantitative estimate of drug-likeness (QED) is 0.306. The molecular weight excluding hydrogens is 455 g/mol. The lowest BCUT2D eigenvalue weighted by atomic mass is 10.1. The van der Waals surface area contributed by atoms with E-state index in [0.29, 0.717) is 32.8 Å². The van der Waals surface area contributed by atoms with Crippen LogP contribution in [0.1, 0.15) is 5.56 Å². The van der Waals surface area contributed by atoms with E-state index in [-0.39, 0.29) is 10.7 Å². The standard InChI is InChI=1S/C23H14Cl2N2O3S/c24-15-8-10-17(11-9-15)27-22(29)19(21(28)26-23(27)31)12-14-4-1-2-7-20(14)30-18-6-3-5-16(25)13-18/h1-13H,(H,26,28,31). The SMILES string of the molecule is O=C1NC(=S)N(c2ccc(Cl)cc2)C(=O)C1=Cc1ccccc1Oc1cccc(Cl)c1. The Balaban J connectivity index is 1.70. The highest BCUT2D eigenvalue weighted by atomic mass is 35.5. The highest BCUT2D eigenvalue weighted by Gasteiger charge is 2.34. The Hall–Kier alpha value is -3.19. The molecule has 0 unspecified atom stereocenters. The van der Waals surface area contributed by atoms with Gasteiger partial charge in [-0.15, -0.1) is 0 Å². The molecule has 5 nitrogen and oxygen atoms in total. The predicted octanol–water partition coefficient (Wildman–Crippen LogP) is 5.62. The van der Waals surface area contributed by atoms with Crippen molar-refractivity contribution in [3.05, 3.63) is 94.0 Å². The second-order valence-electron chi connectivity index (χ2n) is 6.53. The zero-order chi connectivity index (χ0) is 22.0. The zero-order valence-corrected chi connectivity index (χ0v) is 18.2. The van der Waals surface area contributed by atoms with Crippen LogP contribution < -0.4 is 15.0 Å². The fraction of sp³-hybridized carbons (Fsp3) is 0. The Morgan fingerprint density at radius 2 is 1.65 bits per heavy atom. The Morgan fingerprint density at radius 3 is 2.39 bits per heavy atom. The van der Waals surface area contributed by atoms with E-state index < -0.39 is 11.8 Å². The average Bonchev–Trinajstić information content (AvgIpc) is 2.73. The first-order chi connectivity index (χ1) is 14.9. The van der Waals surface area contributed by atoms with Gasteiger partial charge in [-0.2, -0.15) is 0 Å². The number of rotatable bonds is 4. The van der Waals surface area contributed by atoms with Crippen molar-refractivity contribution < 1.29 is 14.3 Å². The van der Waals surface area contributed by atoms with E-state index in [1.54, 1.807) is 72.8 Å². The Bertz CT molecular complexity index is 1230. The summed E-state index contributed by atoms with van der Waals surface area (Å²) in [6, 6.07) is 20.6. The van der Waals surface area contributed by atoms with Crippen LogP contribution in [0.15, 0.2) is 78.4 Å². The highest BCUT2D eigenvalue weighted by molar-refractivity contribution is 7.80. The predicted molar refractivity (Wildman–Crippen MR) is 126 cm³/mol. The Labute approximate surface area is 193 Å². The first kappa shape index (κ1) is 21.1. The maximum Gasteiger partial charge on any atom is 0.270 e. The molecule has 1 saturated heterocycles. The first-order valence-electron chi connectivity index (χ1n) is 9.12. The van der Waals surface area contributed by atoms with Crippen molar-refractivity contribution >= 4 is 64.1 Å². The number of halogens is 2. The molecule has 0 spiro atoms. The van der Waals surface area contributed by atoms with Gasteiger partial charge in [0.25, 0.3) is 11.8 Å². The summed E-state index contributed by atoms with van der Waals surface area (Å²) in [7, 11) is 0. The second-order valence-corrected chi connectivity index (χ2v) is 7.79. The van der Waals surface area contributed by atoms with Gasteiger partial charge >= 0.3 is 0 Å². The van der Waals surface area contributed by atoms with Crippen LogP contribution in [-0.2, 0) is 9.59 Å². The number of anilines is 1. The molecule has 1 fully saturated rings. The summed E-state index contributed by atoms with van der Waals surface area (Å²) in [5, 5.41) is 3.61. The number of thiocarbonyl (C=S) groups is 1. The molecule has 3 aromatic carbocycles. The molecular formula is C23H14Cl2N2O3S. The summed E-state index contributed by atoms with van der Waals surface area (Å²) < 4.78 is 5.92. The van der Waals surface area contributed by atoms with Gasteiger partial charge < -0.3 is 4.74 Å². The number of amides is 2. The number of hydrogen-bond acceptors (Lipinski definition) is 4. The van der Waals surface area contributed by atoms with Gasteiger partial charge in [0.15, 0.2) is 5.11 Å². The second kappa shape index (κ2) is 8.89. The van der Waals surface area contributed by atoms with Gasteiger partial charge in [0.2, 0.25) is 0 Å². The van der Waals surface area contributed by atoms with E-state index in [4.69, 9.17) is 40.2 Å². The third-order valence-electron chi connectivity index (χ3n) is 4.43. The molecule has 1 aliphatic heterocycles. The summed E-state index contributed by atoms with van der Waals surface area (Å²) in [6.07, 6.45) is 1.47. The number of nitrogens with one attached hydrogen (secondary N) is 1. The van der Waals surface area contributed by atoms with Gasteiger partial charge in [-0.25, -0.2) is 0 Å². The summed E-state index contributed by atoms with van der Waals surface area (Å²) in [4.78, 5) is 27.0. The number of carbonyl (C=O) groups is 2. The maximum atomic E-state index is 13.2. The van der Waals surface area contributed by atoms with Crippen LogP contribution in [0, 0.1) is 0 Å². The lowest BCUT2D eigenvalue weighted by Gasteiger charge is -2.29. The minimum Gasteiger partial charge on any atom is -0.457 e. The van der Waals surface area contributed by atoms with Crippen LogP contribution in [0.4, 0.5) is 5.69 Å². The summed E-state index contributed by atoms with van der Waals surface area (Å²) >= 11 is 17.2. The number of hydrogen-bond donors (Lipinski definition) is 1.